The van der Waals surface area contributed by atoms with E-state index in [1.807, 2.05) is 23.1 Å². The minimum Gasteiger partial charge on any atom is -0.309 e. The third kappa shape index (κ3) is 3.24. The highest BCUT2D eigenvalue weighted by molar-refractivity contribution is 7.98. The van der Waals surface area contributed by atoms with Crippen LogP contribution in [0.1, 0.15) is 54.1 Å². The molecule has 0 aromatic carbocycles. The Morgan fingerprint density at radius 3 is 2.82 bits per heavy atom. The predicted octanol–water partition coefficient (Wildman–Crippen LogP) is 3.53. The van der Waals surface area contributed by atoms with Crippen molar-refractivity contribution in [2.45, 2.75) is 56.9 Å². The molecule has 1 N–H and O–H groups in total. The highest BCUT2D eigenvalue weighted by Crippen LogP contribution is 2.43. The zero-order valence-corrected chi connectivity index (χ0v) is 12.0. The Balaban J connectivity index is 1.66. The van der Waals surface area contributed by atoms with Crippen LogP contribution in [0.5, 0.6) is 0 Å². The monoisotopic (exact) mass is 268 g/mol. The molecule has 0 bridgehead atoms. The van der Waals surface area contributed by atoms with Crippen LogP contribution >= 0.6 is 23.1 Å². The van der Waals surface area contributed by atoms with E-state index >= 15 is 0 Å². The van der Waals surface area contributed by atoms with Crippen molar-refractivity contribution >= 4 is 23.1 Å². The highest BCUT2D eigenvalue weighted by atomic mass is 32.2. The van der Waals surface area contributed by atoms with Crippen LogP contribution in [0.15, 0.2) is 0 Å². The molecule has 2 nitrogen and oxygen atoms in total. The molecule has 2 fully saturated rings. The molecule has 1 aromatic rings. The van der Waals surface area contributed by atoms with Gasteiger partial charge >= 0.3 is 0 Å². The molecule has 0 aliphatic heterocycles. The third-order valence-electron chi connectivity index (χ3n) is 3.29. The van der Waals surface area contributed by atoms with Crippen molar-refractivity contribution in [2.75, 3.05) is 5.75 Å². The summed E-state index contributed by atoms with van der Waals surface area (Å²) in [4.78, 5) is 6.39. The summed E-state index contributed by atoms with van der Waals surface area (Å²) in [5.41, 5.74) is 1.43. The van der Waals surface area contributed by atoms with Crippen molar-refractivity contribution in [2.24, 2.45) is 0 Å². The average molecular weight is 268 g/mol. The lowest BCUT2D eigenvalue weighted by Gasteiger charge is -2.01. The summed E-state index contributed by atoms with van der Waals surface area (Å²) in [7, 11) is 0. The number of thiazole rings is 1. The number of rotatable bonds is 7. The molecule has 94 valence electrons. The van der Waals surface area contributed by atoms with Gasteiger partial charge in [0.2, 0.25) is 0 Å². The zero-order valence-electron chi connectivity index (χ0n) is 10.4. The SMILES string of the molecule is CCSCc1nc(C2CC2)c(CNC2CC2)s1. The molecule has 0 unspecified atom stereocenters. The summed E-state index contributed by atoms with van der Waals surface area (Å²) in [6, 6.07) is 0.803. The van der Waals surface area contributed by atoms with Gasteiger partial charge in [0.05, 0.1) is 5.69 Å². The maximum atomic E-state index is 4.87. The van der Waals surface area contributed by atoms with Gasteiger partial charge in [0.25, 0.3) is 0 Å². The molecular formula is C13H20N2S2. The molecule has 1 heterocycles. The van der Waals surface area contributed by atoms with Gasteiger partial charge in [0, 0.05) is 29.1 Å². The summed E-state index contributed by atoms with van der Waals surface area (Å²) < 4.78 is 0. The smallest absolute Gasteiger partial charge is 0.103 e. The van der Waals surface area contributed by atoms with Crippen molar-refractivity contribution < 1.29 is 0 Å². The summed E-state index contributed by atoms with van der Waals surface area (Å²) in [6.45, 7) is 3.28. The first-order chi connectivity index (χ1) is 8.36. The summed E-state index contributed by atoms with van der Waals surface area (Å²) in [5, 5.41) is 4.97. The molecule has 17 heavy (non-hydrogen) atoms. The number of nitrogens with zero attached hydrogens (tertiary/aromatic N) is 1. The first-order valence-corrected chi connectivity index (χ1v) is 8.63. The quantitative estimate of drug-likeness (QED) is 0.819. The minimum absolute atomic E-state index is 0.794. The van der Waals surface area contributed by atoms with Gasteiger partial charge in [-0.05, 0) is 31.4 Å². The van der Waals surface area contributed by atoms with Crippen LogP contribution in [0.3, 0.4) is 0 Å². The summed E-state index contributed by atoms with van der Waals surface area (Å²) in [5.74, 6) is 3.08. The fraction of sp³-hybridized carbons (Fsp3) is 0.769. The van der Waals surface area contributed by atoms with Gasteiger partial charge in [0.15, 0.2) is 0 Å². The van der Waals surface area contributed by atoms with Crippen LogP contribution < -0.4 is 5.32 Å². The van der Waals surface area contributed by atoms with Crippen LogP contribution in [0.25, 0.3) is 0 Å². The van der Waals surface area contributed by atoms with Crippen molar-refractivity contribution in [1.82, 2.24) is 10.3 Å². The van der Waals surface area contributed by atoms with E-state index in [9.17, 15) is 0 Å². The first-order valence-electron chi connectivity index (χ1n) is 6.66. The molecule has 0 spiro atoms. The Morgan fingerprint density at radius 1 is 1.35 bits per heavy atom. The van der Waals surface area contributed by atoms with E-state index in [0.29, 0.717) is 0 Å². The summed E-state index contributed by atoms with van der Waals surface area (Å²) in [6.07, 6.45) is 5.47. The Hall–Kier alpha value is -0.0600. The summed E-state index contributed by atoms with van der Waals surface area (Å²) >= 11 is 3.92. The Bertz CT molecular complexity index is 381. The first kappa shape index (κ1) is 12.0. The molecule has 2 saturated carbocycles. The second-order valence-corrected chi connectivity index (χ2v) is 7.43. The topological polar surface area (TPSA) is 24.9 Å². The lowest BCUT2D eigenvalue weighted by Crippen LogP contribution is -2.15. The van der Waals surface area contributed by atoms with E-state index in [1.165, 1.54) is 47.0 Å². The van der Waals surface area contributed by atoms with E-state index in [4.69, 9.17) is 4.98 Å². The number of hydrogen-bond donors (Lipinski definition) is 1. The van der Waals surface area contributed by atoms with Crippen LogP contribution in [0.4, 0.5) is 0 Å². The number of aromatic nitrogens is 1. The van der Waals surface area contributed by atoms with Crippen LogP contribution in [-0.4, -0.2) is 16.8 Å². The number of thioether (sulfide) groups is 1. The van der Waals surface area contributed by atoms with Gasteiger partial charge in [0.1, 0.15) is 5.01 Å². The van der Waals surface area contributed by atoms with Crippen LogP contribution in [0, 0.1) is 0 Å². The van der Waals surface area contributed by atoms with E-state index in [2.05, 4.69) is 12.2 Å². The third-order valence-corrected chi connectivity index (χ3v) is 5.43. The van der Waals surface area contributed by atoms with Gasteiger partial charge in [-0.1, -0.05) is 6.92 Å². The minimum atomic E-state index is 0.794. The van der Waals surface area contributed by atoms with Crippen LogP contribution in [-0.2, 0) is 12.3 Å². The van der Waals surface area contributed by atoms with Gasteiger partial charge in [-0.15, -0.1) is 11.3 Å². The largest absolute Gasteiger partial charge is 0.309 e. The molecule has 3 rings (SSSR count). The second-order valence-electron chi connectivity index (χ2n) is 4.98. The van der Waals surface area contributed by atoms with E-state index in [1.54, 1.807) is 0 Å². The van der Waals surface area contributed by atoms with E-state index < -0.39 is 0 Å². The molecular weight excluding hydrogens is 248 g/mol. The second kappa shape index (κ2) is 5.29. The molecule has 4 heteroatoms. The number of nitrogens with one attached hydrogen (secondary N) is 1. The van der Waals surface area contributed by atoms with Gasteiger partial charge in [-0.2, -0.15) is 11.8 Å². The van der Waals surface area contributed by atoms with Crippen molar-refractivity contribution in [3.05, 3.63) is 15.6 Å². The van der Waals surface area contributed by atoms with Gasteiger partial charge in [-0.25, -0.2) is 4.98 Å². The van der Waals surface area contributed by atoms with E-state index in [-0.39, 0.29) is 0 Å². The highest BCUT2D eigenvalue weighted by Gasteiger charge is 2.30. The van der Waals surface area contributed by atoms with E-state index in [0.717, 1.165) is 24.3 Å². The standard InChI is InChI=1S/C13H20N2S2/c1-2-16-8-12-15-13(9-3-4-9)11(17-12)7-14-10-5-6-10/h9-10,14H,2-8H2,1H3. The fourth-order valence-corrected chi connectivity index (χ4v) is 3.82. The zero-order chi connectivity index (χ0) is 11.7. The van der Waals surface area contributed by atoms with Crippen LogP contribution in [0.2, 0.25) is 0 Å². The van der Waals surface area contributed by atoms with Gasteiger partial charge < -0.3 is 5.32 Å². The Kier molecular flexibility index (Phi) is 3.73. The Labute approximate surface area is 112 Å². The van der Waals surface area contributed by atoms with Crippen molar-refractivity contribution in [1.29, 1.82) is 0 Å². The maximum absolute atomic E-state index is 4.87. The molecule has 0 atom stereocenters. The normalized spacial score (nSPS) is 19.8. The maximum Gasteiger partial charge on any atom is 0.103 e. The molecule has 2 aliphatic carbocycles. The lowest BCUT2D eigenvalue weighted by molar-refractivity contribution is 0.688. The van der Waals surface area contributed by atoms with Gasteiger partial charge in [-0.3, -0.25) is 0 Å². The number of hydrogen-bond acceptors (Lipinski definition) is 4. The Morgan fingerprint density at radius 2 is 2.18 bits per heavy atom. The molecule has 2 aliphatic rings. The fourth-order valence-electron chi connectivity index (χ4n) is 1.99. The van der Waals surface area contributed by atoms with Crippen molar-refractivity contribution in [3.8, 4) is 0 Å². The van der Waals surface area contributed by atoms with Crippen molar-refractivity contribution in [3.63, 3.8) is 0 Å². The molecule has 1 aromatic heterocycles. The molecule has 0 saturated heterocycles. The lowest BCUT2D eigenvalue weighted by atomic mass is 10.2. The average Bonchev–Trinajstić information content (AvgIpc) is 3.23. The molecule has 0 amide bonds. The predicted molar refractivity (Wildman–Crippen MR) is 75.8 cm³/mol. The molecule has 0 radical (unpaired) electrons.